The molecular weight excluding hydrogens is 561 g/mol. The number of para-hydroxylation sites is 1. The van der Waals surface area contributed by atoms with Crippen LogP contribution in [0, 0.1) is 5.82 Å². The molecule has 0 aliphatic carbocycles. The van der Waals surface area contributed by atoms with Crippen LogP contribution < -0.4 is 10.6 Å². The molecule has 3 aromatic carbocycles. The molecule has 1 heterocycles. The SMILES string of the molecule is C[Si+](OCc1cccc2c1NCOCC(CCCCNC(=O)OCc1ccccc1)N=C2c1cccc(F)c1)C(C)(C)C. The molecule has 0 spiro atoms. The Morgan fingerprint density at radius 2 is 1.86 bits per heavy atom. The van der Waals surface area contributed by atoms with Gasteiger partial charge in [0.15, 0.2) is 0 Å². The molecule has 0 fully saturated rings. The van der Waals surface area contributed by atoms with Crippen LogP contribution in [0.3, 0.4) is 0 Å². The third-order valence-electron chi connectivity index (χ3n) is 7.42. The number of hydrogen-bond acceptors (Lipinski definition) is 6. The van der Waals surface area contributed by atoms with E-state index in [2.05, 4.69) is 44.0 Å². The van der Waals surface area contributed by atoms with E-state index >= 15 is 0 Å². The van der Waals surface area contributed by atoms with E-state index in [9.17, 15) is 9.18 Å². The van der Waals surface area contributed by atoms with Gasteiger partial charge in [-0.05, 0) is 57.7 Å². The van der Waals surface area contributed by atoms with Crippen molar-refractivity contribution in [2.45, 2.75) is 70.9 Å². The first kappa shape index (κ1) is 32.4. The van der Waals surface area contributed by atoms with Crippen LogP contribution in [0.25, 0.3) is 0 Å². The molecule has 4 rings (SSSR count). The fourth-order valence-electron chi connectivity index (χ4n) is 4.62. The zero-order valence-corrected chi connectivity index (χ0v) is 26.6. The molecule has 0 saturated carbocycles. The lowest BCUT2D eigenvalue weighted by Crippen LogP contribution is -2.25. The highest BCUT2D eigenvalue weighted by Gasteiger charge is 2.39. The number of nitrogens with one attached hydrogen (secondary N) is 2. The van der Waals surface area contributed by atoms with Crippen molar-refractivity contribution < 1.29 is 23.1 Å². The molecule has 43 heavy (non-hydrogen) atoms. The highest BCUT2D eigenvalue weighted by Crippen LogP contribution is 2.31. The Balaban J connectivity index is 1.45. The summed E-state index contributed by atoms with van der Waals surface area (Å²) in [5.74, 6) is -0.310. The topological polar surface area (TPSA) is 81.2 Å². The zero-order chi connectivity index (χ0) is 30.7. The zero-order valence-electron chi connectivity index (χ0n) is 25.6. The number of rotatable bonds is 11. The highest BCUT2D eigenvalue weighted by molar-refractivity contribution is 6.53. The first-order valence-electron chi connectivity index (χ1n) is 14.9. The minimum Gasteiger partial charge on any atom is -0.445 e. The molecule has 3 aromatic rings. The second kappa shape index (κ2) is 15.8. The quantitative estimate of drug-likeness (QED) is 0.175. The van der Waals surface area contributed by atoms with Crippen molar-refractivity contribution in [1.82, 2.24) is 5.32 Å². The lowest BCUT2D eigenvalue weighted by atomic mass is 9.97. The van der Waals surface area contributed by atoms with Gasteiger partial charge in [0, 0.05) is 23.2 Å². The Kier molecular flexibility index (Phi) is 11.9. The van der Waals surface area contributed by atoms with Crippen LogP contribution in [0.15, 0.2) is 77.8 Å². The van der Waals surface area contributed by atoms with Crippen LogP contribution in [-0.4, -0.2) is 46.8 Å². The Morgan fingerprint density at radius 3 is 2.63 bits per heavy atom. The smallest absolute Gasteiger partial charge is 0.445 e. The minimum absolute atomic E-state index is 0.112. The van der Waals surface area contributed by atoms with Gasteiger partial charge >= 0.3 is 15.1 Å². The first-order valence-corrected chi connectivity index (χ1v) is 16.8. The minimum atomic E-state index is -1.04. The Morgan fingerprint density at radius 1 is 1.07 bits per heavy atom. The molecule has 0 saturated heterocycles. The third-order valence-corrected chi connectivity index (χ3v) is 10.1. The standard InChI is InChI=1S/C34H42FN3O4Si/c1-34(2,3)43(4)42-22-27-15-11-18-30-31(27)37-24-40-23-29(38-32(30)26-14-10-16-28(35)20-26)17-8-9-19-36-33(39)41-21-25-12-6-5-7-13-25/h5-7,10-16,18,20,29H,8-9,17,19,21-24H2,1-4H3,(H-,36,37,38,39)/p+1. The van der Waals surface area contributed by atoms with Crippen LogP contribution in [0.5, 0.6) is 0 Å². The fraction of sp³-hybridized carbons (Fsp3) is 0.412. The number of ether oxygens (including phenoxy) is 2. The maximum absolute atomic E-state index is 14.4. The number of carbonyl (C=O) groups excluding carboxylic acids is 1. The summed E-state index contributed by atoms with van der Waals surface area (Å²) < 4.78 is 32.1. The van der Waals surface area contributed by atoms with Crippen LogP contribution in [0.4, 0.5) is 14.9 Å². The molecule has 2 N–H and O–H groups in total. The van der Waals surface area contributed by atoms with Gasteiger partial charge in [0.2, 0.25) is 0 Å². The van der Waals surface area contributed by atoms with Gasteiger partial charge < -0.3 is 20.1 Å². The van der Waals surface area contributed by atoms with Crippen LogP contribution in [-0.2, 0) is 27.1 Å². The predicted octanol–water partition coefficient (Wildman–Crippen LogP) is 7.47. The molecule has 1 aliphatic heterocycles. The van der Waals surface area contributed by atoms with Crippen LogP contribution >= 0.6 is 0 Å². The summed E-state index contributed by atoms with van der Waals surface area (Å²) in [6, 6.07) is 22.1. The highest BCUT2D eigenvalue weighted by atomic mass is 28.3. The van der Waals surface area contributed by atoms with Gasteiger partial charge in [-0.3, -0.25) is 4.99 Å². The summed E-state index contributed by atoms with van der Waals surface area (Å²) in [4.78, 5) is 17.2. The van der Waals surface area contributed by atoms with Crippen molar-refractivity contribution in [2.24, 2.45) is 4.99 Å². The summed E-state index contributed by atoms with van der Waals surface area (Å²) in [7, 11) is -1.04. The average molecular weight is 605 g/mol. The molecule has 1 atom stereocenters. The monoisotopic (exact) mass is 604 g/mol. The van der Waals surface area contributed by atoms with E-state index in [0.29, 0.717) is 32.1 Å². The van der Waals surface area contributed by atoms with Crippen molar-refractivity contribution in [3.05, 3.63) is 101 Å². The second-order valence-corrected chi connectivity index (χ2v) is 14.7. The normalized spacial score (nSPS) is 15.2. The van der Waals surface area contributed by atoms with Gasteiger partial charge in [0.25, 0.3) is 0 Å². The lowest BCUT2D eigenvalue weighted by molar-refractivity contribution is 0.134. The first-order chi connectivity index (χ1) is 20.7. The predicted molar refractivity (Wildman–Crippen MR) is 171 cm³/mol. The van der Waals surface area contributed by atoms with Crippen LogP contribution in [0.2, 0.25) is 11.6 Å². The van der Waals surface area contributed by atoms with Crippen molar-refractivity contribution in [3.8, 4) is 0 Å². The Hall–Kier alpha value is -3.53. The lowest BCUT2D eigenvalue weighted by Gasteiger charge is -2.18. The number of fused-ring (bicyclic) bond motifs is 1. The van der Waals surface area contributed by atoms with E-state index in [1.54, 1.807) is 6.07 Å². The summed E-state index contributed by atoms with van der Waals surface area (Å²) in [5, 5.41) is 6.39. The van der Waals surface area contributed by atoms with Crippen molar-refractivity contribution in [3.63, 3.8) is 0 Å². The van der Waals surface area contributed by atoms with E-state index in [0.717, 1.165) is 47.4 Å². The number of nitrogens with zero attached hydrogens (tertiary/aromatic N) is 1. The number of aliphatic imine (C=N–C) groups is 1. The summed E-state index contributed by atoms with van der Waals surface area (Å²) >= 11 is 0. The maximum Gasteiger partial charge on any atom is 0.476 e. The fourth-order valence-corrected chi connectivity index (χ4v) is 5.42. The molecule has 0 bridgehead atoms. The summed E-state index contributed by atoms with van der Waals surface area (Å²) in [5.41, 5.74) is 5.19. The van der Waals surface area contributed by atoms with Gasteiger partial charge in [-0.2, -0.15) is 0 Å². The van der Waals surface area contributed by atoms with Gasteiger partial charge in [0.05, 0.1) is 30.6 Å². The van der Waals surface area contributed by atoms with Gasteiger partial charge in [-0.25, -0.2) is 13.6 Å². The number of amides is 1. The average Bonchev–Trinajstić information content (AvgIpc) is 3.08. The Bertz CT molecular complexity index is 1360. The third kappa shape index (κ3) is 10.0. The summed E-state index contributed by atoms with van der Waals surface area (Å²) in [6.45, 7) is 10.8. The number of anilines is 1. The number of hydrogen-bond donors (Lipinski definition) is 2. The number of alkyl carbamates (subject to hydrolysis) is 1. The van der Waals surface area contributed by atoms with E-state index in [1.807, 2.05) is 48.5 Å². The number of unbranched alkanes of at least 4 members (excludes halogenated alkanes) is 1. The number of benzene rings is 3. The van der Waals surface area contributed by atoms with Crippen molar-refractivity contribution >= 4 is 26.5 Å². The van der Waals surface area contributed by atoms with Crippen LogP contribution in [0.1, 0.15) is 62.3 Å². The number of halogens is 1. The van der Waals surface area contributed by atoms with Gasteiger partial charge in [0.1, 0.15) is 30.8 Å². The molecule has 1 unspecified atom stereocenters. The Labute approximate surface area is 256 Å². The maximum atomic E-state index is 14.4. The van der Waals surface area contributed by atoms with E-state index in [-0.39, 0.29) is 23.5 Å². The largest absolute Gasteiger partial charge is 0.476 e. The van der Waals surface area contributed by atoms with E-state index in [4.69, 9.17) is 18.9 Å². The van der Waals surface area contributed by atoms with E-state index < -0.39 is 15.1 Å². The molecule has 228 valence electrons. The molecule has 9 heteroatoms. The molecule has 1 amide bonds. The molecule has 1 aliphatic rings. The molecule has 0 aromatic heterocycles. The number of carbonyl (C=O) groups is 1. The molecule has 7 nitrogen and oxygen atoms in total. The molecule has 0 radical (unpaired) electrons. The summed E-state index contributed by atoms with van der Waals surface area (Å²) in [6.07, 6.45) is 1.93. The van der Waals surface area contributed by atoms with Crippen molar-refractivity contribution in [1.29, 1.82) is 0 Å². The van der Waals surface area contributed by atoms with Crippen molar-refractivity contribution in [2.75, 3.05) is 25.2 Å². The van der Waals surface area contributed by atoms with Gasteiger partial charge in [-0.15, -0.1) is 0 Å². The van der Waals surface area contributed by atoms with E-state index in [1.165, 1.54) is 12.1 Å². The second-order valence-electron chi connectivity index (χ2n) is 11.8. The van der Waals surface area contributed by atoms with Gasteiger partial charge in [-0.1, -0.05) is 60.7 Å². The molecular formula is C34H43FN3O4Si+.